The van der Waals surface area contributed by atoms with Crippen molar-refractivity contribution in [2.45, 2.75) is 83.1 Å². The number of nitrogens with zero attached hydrogens (tertiary/aromatic N) is 3. The Bertz CT molecular complexity index is 997. The lowest BCUT2D eigenvalue weighted by Gasteiger charge is -2.33. The number of hydrogen-bond acceptors (Lipinski definition) is 9. The molecule has 15 heteroatoms. The number of hydrogen-bond donors (Lipinski definition) is 5. The highest BCUT2D eigenvalue weighted by Gasteiger charge is 2.40. The predicted molar refractivity (Wildman–Crippen MR) is 141 cm³/mol. The lowest BCUT2D eigenvalue weighted by molar-refractivity contribution is -0.150. The molecule has 218 valence electrons. The van der Waals surface area contributed by atoms with Crippen molar-refractivity contribution in [2.75, 3.05) is 26.9 Å². The number of carbonyl (C=O) groups is 5. The molecular weight excluding hydrogens is 512 g/mol. The summed E-state index contributed by atoms with van der Waals surface area (Å²) < 4.78 is 9.90. The van der Waals surface area contributed by atoms with Crippen molar-refractivity contribution in [3.05, 3.63) is 10.4 Å². The van der Waals surface area contributed by atoms with Gasteiger partial charge in [-0.3, -0.25) is 19.2 Å². The van der Waals surface area contributed by atoms with Gasteiger partial charge in [-0.15, -0.1) is 6.42 Å². The SMILES string of the molecule is C#CCOC[C@H](NC(=O)C(C)(C)NC(=O)C(C)(C)NC(=O)[C@@H](N)CCCN=[N+]=[N-])C(=O)NC(C)(C)C(=O)OC. The van der Waals surface area contributed by atoms with Gasteiger partial charge in [0.25, 0.3) is 0 Å². The smallest absolute Gasteiger partial charge is 0.330 e. The Kier molecular flexibility index (Phi) is 14.0. The Morgan fingerprint density at radius 2 is 1.54 bits per heavy atom. The highest BCUT2D eigenvalue weighted by molar-refractivity contribution is 5.98. The van der Waals surface area contributed by atoms with Gasteiger partial charge in [-0.25, -0.2) is 4.79 Å². The van der Waals surface area contributed by atoms with Crippen LogP contribution >= 0.6 is 0 Å². The van der Waals surface area contributed by atoms with Crippen molar-refractivity contribution >= 4 is 29.6 Å². The van der Waals surface area contributed by atoms with Gasteiger partial charge < -0.3 is 36.5 Å². The summed E-state index contributed by atoms with van der Waals surface area (Å²) in [6.07, 6.45) is 5.79. The van der Waals surface area contributed by atoms with Gasteiger partial charge in [0.1, 0.15) is 29.3 Å². The summed E-state index contributed by atoms with van der Waals surface area (Å²) in [5.74, 6) is -1.28. The first-order valence-electron chi connectivity index (χ1n) is 12.1. The Morgan fingerprint density at radius 1 is 0.974 bits per heavy atom. The van der Waals surface area contributed by atoms with Crippen LogP contribution in [0, 0.1) is 12.3 Å². The third-order valence-electron chi connectivity index (χ3n) is 5.39. The Labute approximate surface area is 228 Å². The van der Waals surface area contributed by atoms with Gasteiger partial charge in [0.05, 0.1) is 19.8 Å². The highest BCUT2D eigenvalue weighted by atomic mass is 16.5. The molecule has 0 radical (unpaired) electrons. The van der Waals surface area contributed by atoms with Crippen molar-refractivity contribution in [1.29, 1.82) is 0 Å². The number of terminal acetylenes is 1. The summed E-state index contributed by atoms with van der Waals surface area (Å²) in [4.78, 5) is 66.0. The predicted octanol–water partition coefficient (Wildman–Crippen LogP) is -0.604. The summed E-state index contributed by atoms with van der Waals surface area (Å²) in [5.41, 5.74) is 9.74. The second-order valence-electron chi connectivity index (χ2n) is 10.2. The molecule has 39 heavy (non-hydrogen) atoms. The molecular formula is C24H40N8O7. The summed E-state index contributed by atoms with van der Waals surface area (Å²) in [6.45, 7) is 8.22. The van der Waals surface area contributed by atoms with E-state index in [9.17, 15) is 24.0 Å². The van der Waals surface area contributed by atoms with Crippen molar-refractivity contribution in [3.63, 3.8) is 0 Å². The molecule has 0 spiro atoms. The third-order valence-corrected chi connectivity index (χ3v) is 5.39. The molecule has 0 aliphatic rings. The molecule has 0 aromatic carbocycles. The maximum Gasteiger partial charge on any atom is 0.330 e. The maximum atomic E-state index is 13.1. The van der Waals surface area contributed by atoms with Crippen LogP contribution in [-0.4, -0.2) is 85.2 Å². The van der Waals surface area contributed by atoms with Gasteiger partial charge in [0, 0.05) is 11.5 Å². The average Bonchev–Trinajstić information content (AvgIpc) is 2.84. The van der Waals surface area contributed by atoms with Crippen molar-refractivity contribution in [1.82, 2.24) is 21.3 Å². The molecule has 0 rings (SSSR count). The van der Waals surface area contributed by atoms with E-state index in [1.807, 2.05) is 0 Å². The quantitative estimate of drug-likeness (QED) is 0.0413. The standard InChI is InChI=1S/C24H40N8O7/c1-9-13-39-14-16(18(34)30-24(6,7)21(37)38-8)28-19(35)22(2,3)31-20(36)23(4,5)29-17(33)15(25)11-10-12-27-32-26/h1,15-16H,10-14,25H2,2-8H3,(H,28,35)(H,29,33)(H,30,34)(H,31,36)/t15-,16-/m0/s1. The number of nitrogens with one attached hydrogen (secondary N) is 4. The second-order valence-corrected chi connectivity index (χ2v) is 10.2. The molecule has 0 aliphatic carbocycles. The first-order chi connectivity index (χ1) is 17.9. The van der Waals surface area contributed by atoms with Gasteiger partial charge in [-0.1, -0.05) is 11.0 Å². The molecule has 4 amide bonds. The number of ether oxygens (including phenoxy) is 2. The summed E-state index contributed by atoms with van der Waals surface area (Å²) in [5, 5.41) is 13.4. The fraction of sp³-hybridized carbons (Fsp3) is 0.708. The largest absolute Gasteiger partial charge is 0.467 e. The molecule has 0 aromatic heterocycles. The minimum atomic E-state index is -1.56. The molecule has 6 N–H and O–H groups in total. The monoisotopic (exact) mass is 552 g/mol. The van der Waals surface area contributed by atoms with E-state index in [1.165, 1.54) is 48.7 Å². The van der Waals surface area contributed by atoms with Crippen LogP contribution in [-0.2, 0) is 33.4 Å². The van der Waals surface area contributed by atoms with Crippen molar-refractivity contribution in [2.24, 2.45) is 10.8 Å². The van der Waals surface area contributed by atoms with E-state index in [0.29, 0.717) is 6.42 Å². The fourth-order valence-corrected chi connectivity index (χ4v) is 2.97. The van der Waals surface area contributed by atoms with E-state index in [1.54, 1.807) is 0 Å². The van der Waals surface area contributed by atoms with Crippen LogP contribution in [0.1, 0.15) is 54.4 Å². The topological polar surface area (TPSA) is 227 Å². The van der Waals surface area contributed by atoms with Crippen LogP contribution in [0.2, 0.25) is 0 Å². The first kappa shape index (κ1) is 35.1. The van der Waals surface area contributed by atoms with Gasteiger partial charge in [0.15, 0.2) is 0 Å². The van der Waals surface area contributed by atoms with Gasteiger partial charge in [-0.2, -0.15) is 0 Å². The Hall–Kier alpha value is -3.86. The summed E-state index contributed by atoms with van der Waals surface area (Å²) in [6, 6.07) is -2.22. The van der Waals surface area contributed by atoms with Crippen LogP contribution < -0.4 is 27.0 Å². The summed E-state index contributed by atoms with van der Waals surface area (Å²) in [7, 11) is 1.17. The number of amides is 4. The molecule has 0 aliphatic heterocycles. The van der Waals surface area contributed by atoms with Crippen LogP contribution in [0.4, 0.5) is 0 Å². The van der Waals surface area contributed by atoms with Gasteiger partial charge in [-0.05, 0) is 59.9 Å². The number of azide groups is 1. The lowest BCUT2D eigenvalue weighted by atomic mass is 9.97. The number of methoxy groups -OCH3 is 1. The summed E-state index contributed by atoms with van der Waals surface area (Å²) >= 11 is 0. The molecule has 0 fully saturated rings. The average molecular weight is 553 g/mol. The minimum absolute atomic E-state index is 0.137. The van der Waals surface area contributed by atoms with Crippen LogP contribution in [0.15, 0.2) is 5.11 Å². The van der Waals surface area contributed by atoms with Crippen molar-refractivity contribution in [3.8, 4) is 12.3 Å². The molecule has 0 bridgehead atoms. The highest BCUT2D eigenvalue weighted by Crippen LogP contribution is 2.11. The molecule has 0 heterocycles. The van der Waals surface area contributed by atoms with E-state index >= 15 is 0 Å². The third kappa shape index (κ3) is 12.0. The second kappa shape index (κ2) is 15.5. The Balaban J connectivity index is 5.43. The molecule has 2 atom stereocenters. The first-order valence-corrected chi connectivity index (χ1v) is 12.1. The molecule has 0 saturated heterocycles. The zero-order valence-electron chi connectivity index (χ0n) is 23.5. The van der Waals surface area contributed by atoms with Crippen molar-refractivity contribution < 1.29 is 33.4 Å². The molecule has 15 nitrogen and oxygen atoms in total. The maximum absolute atomic E-state index is 13.1. The van der Waals surface area contributed by atoms with Crippen LogP contribution in [0.5, 0.6) is 0 Å². The van der Waals surface area contributed by atoms with E-state index in [-0.39, 0.29) is 26.2 Å². The van der Waals surface area contributed by atoms with Gasteiger partial charge in [0.2, 0.25) is 23.6 Å². The number of carbonyl (C=O) groups excluding carboxylic acids is 5. The Morgan fingerprint density at radius 3 is 2.08 bits per heavy atom. The van der Waals surface area contributed by atoms with E-state index in [4.69, 9.17) is 22.4 Å². The van der Waals surface area contributed by atoms with E-state index < -0.39 is 58.3 Å². The molecule has 0 unspecified atom stereocenters. The van der Waals surface area contributed by atoms with Gasteiger partial charge >= 0.3 is 5.97 Å². The number of esters is 1. The zero-order valence-corrected chi connectivity index (χ0v) is 23.5. The number of rotatable bonds is 16. The normalized spacial score (nSPS) is 13.0. The fourth-order valence-electron chi connectivity index (χ4n) is 2.97. The van der Waals surface area contributed by atoms with E-state index in [2.05, 4.69) is 42.0 Å². The number of nitrogens with two attached hydrogens (primary N) is 1. The minimum Gasteiger partial charge on any atom is -0.467 e. The van der Waals surface area contributed by atoms with E-state index in [0.717, 1.165) is 0 Å². The zero-order chi connectivity index (χ0) is 30.4. The van der Waals surface area contributed by atoms with Crippen LogP contribution in [0.25, 0.3) is 10.4 Å². The van der Waals surface area contributed by atoms with Crippen LogP contribution in [0.3, 0.4) is 0 Å². The lowest BCUT2D eigenvalue weighted by Crippen LogP contribution is -2.66. The molecule has 0 aromatic rings. The molecule has 0 saturated carbocycles.